The summed E-state index contributed by atoms with van der Waals surface area (Å²) in [6.07, 6.45) is 1.48. The van der Waals surface area contributed by atoms with Gasteiger partial charge in [0, 0.05) is 0 Å². The van der Waals surface area contributed by atoms with Crippen molar-refractivity contribution in [3.8, 4) is 11.5 Å². The number of nitrogens with zero attached hydrogens (tertiary/aromatic N) is 1. The molecular weight excluding hydrogens is 248 g/mol. The van der Waals surface area contributed by atoms with Crippen LogP contribution in [0.4, 0.5) is 0 Å². The minimum Gasteiger partial charge on any atom is -0.503 e. The van der Waals surface area contributed by atoms with Gasteiger partial charge < -0.3 is 15.7 Å². The van der Waals surface area contributed by atoms with Gasteiger partial charge in [-0.05, 0) is 40.5 Å². The molecule has 76 valence electrons. The summed E-state index contributed by atoms with van der Waals surface area (Å²) in [5.41, 5.74) is 0.764. The molecule has 0 bridgehead atoms. The summed E-state index contributed by atoms with van der Waals surface area (Å²) < 4.78 is 5.78. The summed E-state index contributed by atoms with van der Waals surface area (Å²) in [6, 6.07) is 3.37. The van der Waals surface area contributed by atoms with Gasteiger partial charge in [0.15, 0.2) is 11.5 Å². The molecule has 0 spiro atoms. The minimum atomic E-state index is 0.0843. The van der Waals surface area contributed by atoms with Gasteiger partial charge in [-0.2, -0.15) is 5.10 Å². The lowest BCUT2D eigenvalue weighted by Crippen LogP contribution is -1.94. The van der Waals surface area contributed by atoms with Gasteiger partial charge in [0.1, 0.15) is 0 Å². The Labute approximate surface area is 90.5 Å². The zero-order chi connectivity index (χ0) is 10.6. The van der Waals surface area contributed by atoms with Crippen molar-refractivity contribution in [2.45, 2.75) is 6.92 Å². The predicted octanol–water partition coefficient (Wildman–Crippen LogP) is 1.85. The van der Waals surface area contributed by atoms with Crippen LogP contribution in [0, 0.1) is 0 Å². The van der Waals surface area contributed by atoms with Crippen LogP contribution in [0.5, 0.6) is 11.5 Å². The van der Waals surface area contributed by atoms with Crippen LogP contribution in [-0.4, -0.2) is 17.9 Å². The molecule has 4 nitrogen and oxygen atoms in total. The second-order valence-corrected chi connectivity index (χ2v) is 3.41. The van der Waals surface area contributed by atoms with E-state index in [-0.39, 0.29) is 5.75 Å². The van der Waals surface area contributed by atoms with E-state index >= 15 is 0 Å². The summed E-state index contributed by atoms with van der Waals surface area (Å²) >= 11 is 3.20. The van der Waals surface area contributed by atoms with Crippen LogP contribution >= 0.6 is 15.9 Å². The number of hydrogen-bond acceptors (Lipinski definition) is 4. The van der Waals surface area contributed by atoms with Gasteiger partial charge in [-0.15, -0.1) is 0 Å². The smallest absolute Gasteiger partial charge is 0.172 e. The lowest BCUT2D eigenvalue weighted by atomic mass is 10.2. The number of benzene rings is 1. The molecule has 0 saturated heterocycles. The first kappa shape index (κ1) is 10.8. The molecule has 0 heterocycles. The Morgan fingerprint density at radius 2 is 2.36 bits per heavy atom. The molecule has 0 unspecified atom stereocenters. The first-order valence-electron chi connectivity index (χ1n) is 4.07. The van der Waals surface area contributed by atoms with Crippen LogP contribution in [0.1, 0.15) is 12.5 Å². The Balaban J connectivity index is 3.13. The highest BCUT2D eigenvalue weighted by Gasteiger charge is 2.07. The van der Waals surface area contributed by atoms with Crippen LogP contribution in [0.25, 0.3) is 0 Å². The van der Waals surface area contributed by atoms with Crippen LogP contribution in [0.15, 0.2) is 21.7 Å². The fourth-order valence-electron chi connectivity index (χ4n) is 1.02. The molecular formula is C9H11BrN2O2. The Bertz CT molecular complexity index is 353. The van der Waals surface area contributed by atoms with E-state index in [1.807, 2.05) is 6.92 Å². The second kappa shape index (κ2) is 4.85. The van der Waals surface area contributed by atoms with E-state index in [2.05, 4.69) is 21.0 Å². The van der Waals surface area contributed by atoms with E-state index in [4.69, 9.17) is 10.6 Å². The maximum Gasteiger partial charge on any atom is 0.172 e. The predicted molar refractivity (Wildman–Crippen MR) is 58.8 cm³/mol. The quantitative estimate of drug-likeness (QED) is 0.494. The van der Waals surface area contributed by atoms with E-state index in [9.17, 15) is 5.11 Å². The molecule has 0 aliphatic rings. The Kier molecular flexibility index (Phi) is 3.76. The molecule has 1 rings (SSSR count). The van der Waals surface area contributed by atoms with E-state index in [1.165, 1.54) is 6.21 Å². The Morgan fingerprint density at radius 3 is 2.93 bits per heavy atom. The molecule has 0 atom stereocenters. The number of phenolic OH excluding ortho intramolecular Hbond substituents is 1. The molecule has 3 N–H and O–H groups in total. The molecule has 0 fully saturated rings. The van der Waals surface area contributed by atoms with Crippen molar-refractivity contribution in [2.24, 2.45) is 10.9 Å². The highest BCUT2D eigenvalue weighted by molar-refractivity contribution is 9.10. The number of nitrogens with two attached hydrogens (primary N) is 1. The summed E-state index contributed by atoms with van der Waals surface area (Å²) in [5, 5.41) is 13.0. The zero-order valence-electron chi connectivity index (χ0n) is 7.70. The SMILES string of the molecule is CCOc1cc(C=NN)cc(Br)c1O. The van der Waals surface area contributed by atoms with Crippen molar-refractivity contribution < 1.29 is 9.84 Å². The first-order chi connectivity index (χ1) is 6.69. The van der Waals surface area contributed by atoms with Crippen LogP contribution in [0.3, 0.4) is 0 Å². The van der Waals surface area contributed by atoms with Gasteiger partial charge in [0.25, 0.3) is 0 Å². The number of hydrogen-bond donors (Lipinski definition) is 2. The van der Waals surface area contributed by atoms with Gasteiger partial charge in [0.05, 0.1) is 17.3 Å². The van der Waals surface area contributed by atoms with Crippen molar-refractivity contribution in [3.63, 3.8) is 0 Å². The molecule has 0 radical (unpaired) electrons. The standard InChI is InChI=1S/C9H11BrN2O2/c1-2-14-8-4-6(5-12-11)3-7(10)9(8)13/h3-5,13H,2,11H2,1H3. The molecule has 14 heavy (non-hydrogen) atoms. The number of hydrazone groups is 1. The lowest BCUT2D eigenvalue weighted by molar-refractivity contribution is 0.317. The molecule has 0 amide bonds. The molecule has 1 aromatic rings. The molecule has 0 aliphatic heterocycles. The number of halogens is 1. The number of aromatic hydroxyl groups is 1. The van der Waals surface area contributed by atoms with Crippen molar-refractivity contribution >= 4 is 22.1 Å². The van der Waals surface area contributed by atoms with Crippen molar-refractivity contribution in [1.29, 1.82) is 0 Å². The van der Waals surface area contributed by atoms with E-state index in [0.29, 0.717) is 16.8 Å². The monoisotopic (exact) mass is 258 g/mol. The maximum absolute atomic E-state index is 9.57. The Morgan fingerprint density at radius 1 is 1.64 bits per heavy atom. The van der Waals surface area contributed by atoms with Gasteiger partial charge in [-0.3, -0.25) is 0 Å². The van der Waals surface area contributed by atoms with Crippen molar-refractivity contribution in [1.82, 2.24) is 0 Å². The summed E-state index contributed by atoms with van der Waals surface area (Å²) in [7, 11) is 0. The van der Waals surface area contributed by atoms with Gasteiger partial charge in [-0.1, -0.05) is 0 Å². The highest BCUT2D eigenvalue weighted by Crippen LogP contribution is 2.34. The third-order valence-corrected chi connectivity index (χ3v) is 2.18. The summed E-state index contributed by atoms with van der Waals surface area (Å²) in [6.45, 7) is 2.33. The maximum atomic E-state index is 9.57. The molecule has 0 aromatic heterocycles. The van der Waals surface area contributed by atoms with Crippen LogP contribution < -0.4 is 10.6 Å². The van der Waals surface area contributed by atoms with Gasteiger partial charge >= 0.3 is 0 Å². The number of phenols is 1. The normalized spacial score (nSPS) is 10.7. The number of rotatable bonds is 3. The second-order valence-electron chi connectivity index (χ2n) is 2.56. The van der Waals surface area contributed by atoms with Crippen molar-refractivity contribution in [2.75, 3.05) is 6.61 Å². The van der Waals surface area contributed by atoms with Gasteiger partial charge in [-0.25, -0.2) is 0 Å². The lowest BCUT2D eigenvalue weighted by Gasteiger charge is -2.07. The molecule has 0 aliphatic carbocycles. The minimum absolute atomic E-state index is 0.0843. The number of ether oxygens (including phenoxy) is 1. The van der Waals surface area contributed by atoms with E-state index in [1.54, 1.807) is 12.1 Å². The summed E-state index contributed by atoms with van der Waals surface area (Å²) in [4.78, 5) is 0. The molecule has 5 heteroatoms. The average molecular weight is 259 g/mol. The van der Waals surface area contributed by atoms with Crippen LogP contribution in [-0.2, 0) is 0 Å². The summed E-state index contributed by atoms with van der Waals surface area (Å²) in [5.74, 6) is 5.52. The van der Waals surface area contributed by atoms with Crippen molar-refractivity contribution in [3.05, 3.63) is 22.2 Å². The fraction of sp³-hybridized carbons (Fsp3) is 0.222. The topological polar surface area (TPSA) is 67.8 Å². The van der Waals surface area contributed by atoms with E-state index < -0.39 is 0 Å². The third-order valence-electron chi connectivity index (χ3n) is 1.57. The highest BCUT2D eigenvalue weighted by atomic mass is 79.9. The Hall–Kier alpha value is -1.23. The van der Waals surface area contributed by atoms with Gasteiger partial charge in [0.2, 0.25) is 0 Å². The largest absolute Gasteiger partial charge is 0.503 e. The molecule has 1 aromatic carbocycles. The van der Waals surface area contributed by atoms with Crippen LogP contribution in [0.2, 0.25) is 0 Å². The third kappa shape index (κ3) is 2.38. The van der Waals surface area contributed by atoms with E-state index in [0.717, 1.165) is 5.56 Å². The molecule has 0 saturated carbocycles. The fourth-order valence-corrected chi connectivity index (χ4v) is 1.48. The zero-order valence-corrected chi connectivity index (χ0v) is 9.28. The first-order valence-corrected chi connectivity index (χ1v) is 4.87. The average Bonchev–Trinajstić information content (AvgIpc) is 2.14.